The number of likely N-dealkylation sites (N-methyl/N-ethyl adjacent to an activating group) is 1. The van der Waals surface area contributed by atoms with Gasteiger partial charge in [0.25, 0.3) is 0 Å². The molecular formula is C12H29N3O. The summed E-state index contributed by atoms with van der Waals surface area (Å²) >= 11 is 0. The Morgan fingerprint density at radius 2 is 1.94 bits per heavy atom. The Kier molecular flexibility index (Phi) is 9.92. The van der Waals surface area contributed by atoms with Crippen LogP contribution >= 0.6 is 0 Å². The largest absolute Gasteiger partial charge is 0.385 e. The van der Waals surface area contributed by atoms with Gasteiger partial charge in [0.2, 0.25) is 0 Å². The van der Waals surface area contributed by atoms with E-state index in [1.807, 2.05) is 0 Å². The van der Waals surface area contributed by atoms with E-state index in [2.05, 4.69) is 30.8 Å². The minimum atomic E-state index is 0.235. The Bertz CT molecular complexity index is 153. The van der Waals surface area contributed by atoms with Crippen molar-refractivity contribution in [1.82, 2.24) is 9.80 Å². The highest BCUT2D eigenvalue weighted by Crippen LogP contribution is 1.97. The summed E-state index contributed by atoms with van der Waals surface area (Å²) in [6.45, 7) is 7.29. The number of nitrogens with zero attached hydrogens (tertiary/aromatic N) is 2. The maximum Gasteiger partial charge on any atom is 0.0477 e. The van der Waals surface area contributed by atoms with Crippen LogP contribution in [0.3, 0.4) is 0 Å². The topological polar surface area (TPSA) is 41.7 Å². The number of hydrogen-bond acceptors (Lipinski definition) is 4. The van der Waals surface area contributed by atoms with Crippen molar-refractivity contribution in [2.45, 2.75) is 25.8 Å². The van der Waals surface area contributed by atoms with Crippen LogP contribution in [0, 0.1) is 0 Å². The van der Waals surface area contributed by atoms with E-state index in [0.717, 1.165) is 39.2 Å². The molecule has 0 aliphatic heterocycles. The molecule has 0 bridgehead atoms. The summed E-state index contributed by atoms with van der Waals surface area (Å²) in [5.41, 5.74) is 6.04. The summed E-state index contributed by atoms with van der Waals surface area (Å²) in [5.74, 6) is 0. The van der Waals surface area contributed by atoms with Gasteiger partial charge in [-0.25, -0.2) is 0 Å². The van der Waals surface area contributed by atoms with E-state index in [1.165, 1.54) is 6.42 Å². The van der Waals surface area contributed by atoms with E-state index >= 15 is 0 Å². The molecule has 0 saturated carbocycles. The van der Waals surface area contributed by atoms with Gasteiger partial charge in [0.1, 0.15) is 0 Å². The fraction of sp³-hybridized carbons (Fsp3) is 1.00. The first kappa shape index (κ1) is 15.8. The van der Waals surface area contributed by atoms with Crippen LogP contribution < -0.4 is 5.73 Å². The lowest BCUT2D eigenvalue weighted by molar-refractivity contribution is 0.174. The number of hydrogen-bond donors (Lipinski definition) is 1. The van der Waals surface area contributed by atoms with Gasteiger partial charge < -0.3 is 20.3 Å². The summed E-state index contributed by atoms with van der Waals surface area (Å²) in [6.07, 6.45) is 2.15. The van der Waals surface area contributed by atoms with Gasteiger partial charge in [-0.05, 0) is 46.6 Å². The van der Waals surface area contributed by atoms with Gasteiger partial charge in [0, 0.05) is 26.3 Å². The first-order valence-electron chi connectivity index (χ1n) is 6.21. The molecule has 0 aliphatic carbocycles. The molecule has 0 saturated heterocycles. The molecule has 98 valence electrons. The molecule has 0 aliphatic rings. The van der Waals surface area contributed by atoms with Crippen molar-refractivity contribution in [1.29, 1.82) is 0 Å². The summed E-state index contributed by atoms with van der Waals surface area (Å²) in [7, 11) is 5.95. The molecule has 1 unspecified atom stereocenters. The highest BCUT2D eigenvalue weighted by atomic mass is 16.5. The van der Waals surface area contributed by atoms with E-state index in [4.69, 9.17) is 10.5 Å². The van der Waals surface area contributed by atoms with Crippen LogP contribution in [0.5, 0.6) is 0 Å². The van der Waals surface area contributed by atoms with Crippen LogP contribution in [0.1, 0.15) is 19.8 Å². The first-order chi connectivity index (χ1) is 7.60. The van der Waals surface area contributed by atoms with Gasteiger partial charge in [-0.3, -0.25) is 0 Å². The summed E-state index contributed by atoms with van der Waals surface area (Å²) < 4.78 is 5.04. The van der Waals surface area contributed by atoms with Gasteiger partial charge in [-0.2, -0.15) is 0 Å². The van der Waals surface area contributed by atoms with Crippen LogP contribution in [0.15, 0.2) is 0 Å². The summed E-state index contributed by atoms with van der Waals surface area (Å²) in [6, 6.07) is 0.235. The van der Waals surface area contributed by atoms with Crippen molar-refractivity contribution in [2.24, 2.45) is 5.73 Å². The number of methoxy groups -OCH3 is 1. The van der Waals surface area contributed by atoms with Crippen molar-refractivity contribution in [3.05, 3.63) is 0 Å². The predicted molar refractivity (Wildman–Crippen MR) is 69.8 cm³/mol. The third kappa shape index (κ3) is 9.09. The minimum absolute atomic E-state index is 0.235. The van der Waals surface area contributed by atoms with Crippen LogP contribution in [0.4, 0.5) is 0 Å². The second kappa shape index (κ2) is 10.0. The van der Waals surface area contributed by atoms with E-state index in [0.29, 0.717) is 0 Å². The lowest BCUT2D eigenvalue weighted by atomic mass is 10.2. The van der Waals surface area contributed by atoms with E-state index < -0.39 is 0 Å². The van der Waals surface area contributed by atoms with Crippen molar-refractivity contribution in [3.63, 3.8) is 0 Å². The van der Waals surface area contributed by atoms with E-state index in [1.54, 1.807) is 7.11 Å². The van der Waals surface area contributed by atoms with Crippen LogP contribution in [-0.4, -0.2) is 69.8 Å². The Hall–Kier alpha value is -0.160. The molecule has 0 fully saturated rings. The Morgan fingerprint density at radius 3 is 2.44 bits per heavy atom. The maximum absolute atomic E-state index is 6.04. The zero-order valence-electron chi connectivity index (χ0n) is 11.4. The monoisotopic (exact) mass is 231 g/mol. The van der Waals surface area contributed by atoms with Crippen molar-refractivity contribution in [2.75, 3.05) is 54.0 Å². The second-order valence-electron chi connectivity index (χ2n) is 4.59. The summed E-state index contributed by atoms with van der Waals surface area (Å²) in [4.78, 5) is 4.64. The van der Waals surface area contributed by atoms with Gasteiger partial charge >= 0.3 is 0 Å². The van der Waals surface area contributed by atoms with Crippen molar-refractivity contribution < 1.29 is 4.74 Å². The van der Waals surface area contributed by atoms with Crippen molar-refractivity contribution in [3.8, 4) is 0 Å². The third-order valence-electron chi connectivity index (χ3n) is 2.71. The smallest absolute Gasteiger partial charge is 0.0477 e. The van der Waals surface area contributed by atoms with Crippen molar-refractivity contribution >= 4 is 0 Å². The molecule has 0 aromatic carbocycles. The third-order valence-corrected chi connectivity index (χ3v) is 2.71. The van der Waals surface area contributed by atoms with Gasteiger partial charge in [0.05, 0.1) is 0 Å². The summed E-state index contributed by atoms with van der Waals surface area (Å²) in [5, 5.41) is 0. The molecule has 0 radical (unpaired) electrons. The Balaban J connectivity index is 3.64. The fourth-order valence-electron chi connectivity index (χ4n) is 1.68. The SMILES string of the molecule is CCN(CCCN(C)C)CC(N)CCOC. The zero-order chi connectivity index (χ0) is 12.4. The highest BCUT2D eigenvalue weighted by molar-refractivity contribution is 4.67. The standard InChI is InChI=1S/C12H29N3O/c1-5-15(9-6-8-14(2)3)11-12(13)7-10-16-4/h12H,5-11,13H2,1-4H3. The molecule has 4 heteroatoms. The highest BCUT2D eigenvalue weighted by Gasteiger charge is 2.08. The molecule has 1 atom stereocenters. The van der Waals surface area contributed by atoms with E-state index in [-0.39, 0.29) is 6.04 Å². The lowest BCUT2D eigenvalue weighted by Crippen LogP contribution is -2.39. The second-order valence-corrected chi connectivity index (χ2v) is 4.59. The molecule has 2 N–H and O–H groups in total. The van der Waals surface area contributed by atoms with Gasteiger partial charge in [-0.1, -0.05) is 6.92 Å². The van der Waals surface area contributed by atoms with E-state index in [9.17, 15) is 0 Å². The Labute approximate surface area is 101 Å². The average Bonchev–Trinajstić information content (AvgIpc) is 2.24. The predicted octanol–water partition coefficient (Wildman–Crippen LogP) is 0.624. The fourth-order valence-corrected chi connectivity index (χ4v) is 1.68. The molecular weight excluding hydrogens is 202 g/mol. The van der Waals surface area contributed by atoms with Crippen LogP contribution in [-0.2, 0) is 4.74 Å². The number of ether oxygens (including phenoxy) is 1. The molecule has 4 nitrogen and oxygen atoms in total. The molecule has 0 rings (SSSR count). The van der Waals surface area contributed by atoms with Gasteiger partial charge in [-0.15, -0.1) is 0 Å². The number of nitrogens with two attached hydrogens (primary N) is 1. The van der Waals surface area contributed by atoms with Crippen LogP contribution in [0.2, 0.25) is 0 Å². The quantitative estimate of drug-likeness (QED) is 0.598. The molecule has 0 amide bonds. The maximum atomic E-state index is 6.04. The van der Waals surface area contributed by atoms with Crippen LogP contribution in [0.25, 0.3) is 0 Å². The lowest BCUT2D eigenvalue weighted by Gasteiger charge is -2.24. The first-order valence-corrected chi connectivity index (χ1v) is 6.21. The zero-order valence-corrected chi connectivity index (χ0v) is 11.4. The normalized spacial score (nSPS) is 13.7. The molecule has 0 aromatic heterocycles. The van der Waals surface area contributed by atoms with Gasteiger partial charge in [0.15, 0.2) is 0 Å². The Morgan fingerprint density at radius 1 is 1.25 bits per heavy atom. The average molecular weight is 231 g/mol. The minimum Gasteiger partial charge on any atom is -0.385 e. The number of rotatable bonds is 10. The molecule has 0 aromatic rings. The molecule has 16 heavy (non-hydrogen) atoms. The molecule has 0 spiro atoms. The molecule has 0 heterocycles.